The molecule has 0 saturated carbocycles. The van der Waals surface area contributed by atoms with Gasteiger partial charge in [-0.05, 0) is 57.7 Å². The lowest BCUT2D eigenvalue weighted by molar-refractivity contribution is -0.146. The van der Waals surface area contributed by atoms with Crippen LogP contribution in [-0.4, -0.2) is 154 Å². The number of benzene rings is 1. The quantitative estimate of drug-likeness (QED) is 0.0827. The molecule has 1 fully saturated rings. The van der Waals surface area contributed by atoms with E-state index in [1.54, 1.807) is 23.8 Å². The molecule has 16 nitrogen and oxygen atoms in total. The number of carbonyl (C=O) groups is 6. The zero-order valence-corrected chi connectivity index (χ0v) is 37.3. The van der Waals surface area contributed by atoms with Gasteiger partial charge in [0.05, 0.1) is 55.8 Å². The number of methoxy groups -OCH3 is 2. The summed E-state index contributed by atoms with van der Waals surface area (Å²) in [4.78, 5) is 84.9. The van der Waals surface area contributed by atoms with Crippen LogP contribution in [0.2, 0.25) is 0 Å². The third-order valence-corrected chi connectivity index (χ3v) is 11.3. The van der Waals surface area contributed by atoms with Crippen LogP contribution in [0.5, 0.6) is 0 Å². The van der Waals surface area contributed by atoms with E-state index in [4.69, 9.17) is 19.9 Å². The third kappa shape index (κ3) is 15.5. The first-order chi connectivity index (χ1) is 27.9. The summed E-state index contributed by atoms with van der Waals surface area (Å²) in [6.45, 7) is 11.8. The van der Waals surface area contributed by atoms with Crippen LogP contribution in [0, 0.1) is 17.8 Å². The maximum Gasteiger partial charge on any atom is 0.322 e. The SMILES string of the molecule is CC[C@H](C)[C@@H]([C@@H](CC(=O)N1CCC[C@H]1[C@H](OC)[C@@H](C)C(=O)N[C@@H](Cc1ccccc1)C(=O)NCCCOC(=O)[C@H](C)N)OC)N(C)C(=O)CNC(=O)C(C(C)C)N(C)C. The molecule has 9 atom stereocenters. The summed E-state index contributed by atoms with van der Waals surface area (Å²) in [5.74, 6) is -2.75. The number of nitrogens with zero attached hydrogens (tertiary/aromatic N) is 3. The summed E-state index contributed by atoms with van der Waals surface area (Å²) >= 11 is 0. The number of rotatable bonds is 25. The molecule has 5 N–H and O–H groups in total. The van der Waals surface area contributed by atoms with E-state index in [1.165, 1.54) is 21.1 Å². The van der Waals surface area contributed by atoms with Gasteiger partial charge >= 0.3 is 5.97 Å². The maximum absolute atomic E-state index is 14.2. The molecule has 1 aliphatic heterocycles. The van der Waals surface area contributed by atoms with Crippen LogP contribution in [0.15, 0.2) is 30.3 Å². The van der Waals surface area contributed by atoms with Gasteiger partial charge in [-0.2, -0.15) is 0 Å². The second-order valence-electron chi connectivity index (χ2n) is 16.4. The normalized spacial score (nSPS) is 18.2. The van der Waals surface area contributed by atoms with Crippen molar-refractivity contribution >= 4 is 35.5 Å². The van der Waals surface area contributed by atoms with Gasteiger partial charge in [0.15, 0.2) is 0 Å². The fraction of sp³-hybridized carbons (Fsp3) is 0.721. The maximum atomic E-state index is 14.2. The monoisotopic (exact) mass is 832 g/mol. The first-order valence-electron chi connectivity index (χ1n) is 21.0. The van der Waals surface area contributed by atoms with Gasteiger partial charge in [-0.25, -0.2) is 0 Å². The van der Waals surface area contributed by atoms with Gasteiger partial charge in [0.1, 0.15) is 12.1 Å². The number of amides is 5. The van der Waals surface area contributed by atoms with Crippen LogP contribution in [0.1, 0.15) is 79.2 Å². The van der Waals surface area contributed by atoms with Crippen molar-refractivity contribution in [2.24, 2.45) is 23.5 Å². The minimum Gasteiger partial charge on any atom is -0.464 e. The van der Waals surface area contributed by atoms with E-state index in [2.05, 4.69) is 16.0 Å². The van der Waals surface area contributed by atoms with Crippen LogP contribution >= 0.6 is 0 Å². The van der Waals surface area contributed by atoms with Crippen molar-refractivity contribution < 1.29 is 43.0 Å². The summed E-state index contributed by atoms with van der Waals surface area (Å²) in [7, 11) is 8.38. The molecule has 0 bridgehead atoms. The van der Waals surface area contributed by atoms with E-state index < -0.39 is 60.2 Å². The number of nitrogens with two attached hydrogens (primary N) is 1. The molecule has 0 aromatic heterocycles. The van der Waals surface area contributed by atoms with Crippen molar-refractivity contribution in [2.45, 2.75) is 122 Å². The van der Waals surface area contributed by atoms with Crippen molar-refractivity contribution in [1.82, 2.24) is 30.7 Å². The number of ether oxygens (including phenoxy) is 3. The summed E-state index contributed by atoms with van der Waals surface area (Å²) in [6, 6.07) is 6.42. The third-order valence-electron chi connectivity index (χ3n) is 11.3. The highest BCUT2D eigenvalue weighted by Gasteiger charge is 2.42. The lowest BCUT2D eigenvalue weighted by Gasteiger charge is -2.39. The zero-order valence-electron chi connectivity index (χ0n) is 37.3. The van der Waals surface area contributed by atoms with Gasteiger partial charge in [-0.3, -0.25) is 33.7 Å². The van der Waals surface area contributed by atoms with Crippen molar-refractivity contribution in [2.75, 3.05) is 61.6 Å². The minimum atomic E-state index is -0.907. The highest BCUT2D eigenvalue weighted by molar-refractivity contribution is 5.89. The van der Waals surface area contributed by atoms with Crippen LogP contribution in [-0.2, 0) is 49.4 Å². The molecule has 0 radical (unpaired) electrons. The number of carbonyl (C=O) groups excluding carboxylic acids is 6. The van der Waals surface area contributed by atoms with Gasteiger partial charge in [-0.15, -0.1) is 0 Å². The largest absolute Gasteiger partial charge is 0.464 e. The zero-order chi connectivity index (χ0) is 44.4. The Labute approximate surface area is 352 Å². The molecular formula is C43H73N7O9. The molecule has 0 spiro atoms. The number of esters is 1. The summed E-state index contributed by atoms with van der Waals surface area (Å²) in [6.07, 6.45) is 1.30. The first-order valence-corrected chi connectivity index (χ1v) is 21.0. The topological polar surface area (TPSA) is 202 Å². The van der Waals surface area contributed by atoms with E-state index in [9.17, 15) is 28.8 Å². The van der Waals surface area contributed by atoms with Crippen LogP contribution < -0.4 is 21.7 Å². The lowest BCUT2D eigenvalue weighted by atomic mass is 9.90. The minimum absolute atomic E-state index is 0.0111. The van der Waals surface area contributed by atoms with Gasteiger partial charge in [-0.1, -0.05) is 71.4 Å². The molecule has 1 aromatic carbocycles. The second-order valence-corrected chi connectivity index (χ2v) is 16.4. The number of likely N-dealkylation sites (N-methyl/N-ethyl adjacent to an activating group) is 2. The van der Waals surface area contributed by atoms with Crippen molar-refractivity contribution in [3.05, 3.63) is 35.9 Å². The number of likely N-dealkylation sites (tertiary alicyclic amines) is 1. The molecular weight excluding hydrogens is 759 g/mol. The van der Waals surface area contributed by atoms with Crippen LogP contribution in [0.25, 0.3) is 0 Å². The Bertz CT molecular complexity index is 1490. The van der Waals surface area contributed by atoms with Gasteiger partial charge in [0.25, 0.3) is 0 Å². The predicted octanol–water partition coefficient (Wildman–Crippen LogP) is 1.73. The Morgan fingerprint density at radius 2 is 1.58 bits per heavy atom. The first kappa shape index (κ1) is 51.0. The Morgan fingerprint density at radius 1 is 0.915 bits per heavy atom. The van der Waals surface area contributed by atoms with E-state index in [-0.39, 0.29) is 68.0 Å². The summed E-state index contributed by atoms with van der Waals surface area (Å²) in [5.41, 5.74) is 6.39. The molecule has 16 heteroatoms. The Morgan fingerprint density at radius 3 is 2.14 bits per heavy atom. The van der Waals surface area contributed by atoms with E-state index in [1.807, 2.05) is 77.0 Å². The van der Waals surface area contributed by atoms with E-state index >= 15 is 0 Å². The smallest absolute Gasteiger partial charge is 0.322 e. The standard InChI is InChI=1S/C43H73N7O9/c1-12-28(4)38(49(9)36(52)26-46-42(55)37(27(2)3)48(7)8)34(57-10)25-35(51)50-22-16-20-33(50)39(58-11)29(5)40(53)47-32(24-31-18-14-13-15-19-31)41(54)45-21-17-23-59-43(56)30(6)44/h13-15,18-19,27-30,32-34,37-39H,12,16-17,20-26,44H2,1-11H3,(H,45,54)(H,46,55)(H,47,53)/t28-,29+,30-,32-,33-,34+,37?,38-,39+/m0/s1. The van der Waals surface area contributed by atoms with E-state index in [0.717, 1.165) is 12.0 Å². The van der Waals surface area contributed by atoms with Crippen molar-refractivity contribution in [1.29, 1.82) is 0 Å². The van der Waals surface area contributed by atoms with Crippen LogP contribution in [0.3, 0.4) is 0 Å². The summed E-state index contributed by atoms with van der Waals surface area (Å²) < 4.78 is 17.0. The molecule has 1 saturated heterocycles. The predicted molar refractivity (Wildman–Crippen MR) is 226 cm³/mol. The molecule has 1 aliphatic rings. The molecule has 5 amide bonds. The Hall–Kier alpha value is -4.12. The highest BCUT2D eigenvalue weighted by atomic mass is 16.5. The molecule has 1 unspecified atom stereocenters. The molecule has 59 heavy (non-hydrogen) atoms. The fourth-order valence-electron chi connectivity index (χ4n) is 7.92. The van der Waals surface area contributed by atoms with E-state index in [0.29, 0.717) is 25.8 Å². The Balaban J connectivity index is 2.19. The fourth-order valence-corrected chi connectivity index (χ4v) is 7.92. The molecule has 2 rings (SSSR count). The van der Waals surface area contributed by atoms with Gasteiger partial charge in [0.2, 0.25) is 29.5 Å². The Kier molecular flexibility index (Phi) is 22.0. The van der Waals surface area contributed by atoms with Gasteiger partial charge in [0, 0.05) is 40.8 Å². The molecule has 1 aromatic rings. The average molecular weight is 832 g/mol. The number of hydrogen-bond acceptors (Lipinski definition) is 11. The average Bonchev–Trinajstić information content (AvgIpc) is 3.68. The van der Waals surface area contributed by atoms with Gasteiger partial charge < -0.3 is 45.7 Å². The van der Waals surface area contributed by atoms with Crippen molar-refractivity contribution in [3.63, 3.8) is 0 Å². The number of hydrogen-bond donors (Lipinski definition) is 4. The molecule has 334 valence electrons. The summed E-state index contributed by atoms with van der Waals surface area (Å²) in [5, 5.41) is 8.57. The van der Waals surface area contributed by atoms with Crippen molar-refractivity contribution in [3.8, 4) is 0 Å². The second kappa shape index (κ2) is 25.5. The molecule has 0 aliphatic carbocycles. The number of nitrogens with one attached hydrogen (secondary N) is 3. The highest BCUT2D eigenvalue weighted by Crippen LogP contribution is 2.29. The lowest BCUT2D eigenvalue weighted by Crippen LogP contribution is -2.55. The molecule has 1 heterocycles. The van der Waals surface area contributed by atoms with Crippen LogP contribution in [0.4, 0.5) is 0 Å².